The van der Waals surface area contributed by atoms with Gasteiger partial charge in [0.15, 0.2) is 0 Å². The SMILES string of the molecule is CCC(C)c1ncc(Cc2ccc(OC)cc2)s1. The summed E-state index contributed by atoms with van der Waals surface area (Å²) in [5.41, 5.74) is 1.30. The lowest BCUT2D eigenvalue weighted by molar-refractivity contribution is 0.414. The second-order valence-corrected chi connectivity index (χ2v) is 5.65. The van der Waals surface area contributed by atoms with Crippen LogP contribution in [0.4, 0.5) is 0 Å². The van der Waals surface area contributed by atoms with Crippen LogP contribution in [-0.4, -0.2) is 12.1 Å². The number of ether oxygens (including phenoxy) is 1. The van der Waals surface area contributed by atoms with Gasteiger partial charge in [-0.05, 0) is 24.1 Å². The summed E-state index contributed by atoms with van der Waals surface area (Å²) in [4.78, 5) is 5.84. The van der Waals surface area contributed by atoms with E-state index in [1.54, 1.807) is 7.11 Å². The van der Waals surface area contributed by atoms with E-state index >= 15 is 0 Å². The van der Waals surface area contributed by atoms with Crippen LogP contribution in [0.5, 0.6) is 5.75 Å². The van der Waals surface area contributed by atoms with Gasteiger partial charge in [0, 0.05) is 23.4 Å². The normalized spacial score (nSPS) is 12.4. The number of nitrogens with zero attached hydrogens (tertiary/aromatic N) is 1. The van der Waals surface area contributed by atoms with Crippen molar-refractivity contribution in [1.82, 2.24) is 4.98 Å². The van der Waals surface area contributed by atoms with Crippen LogP contribution in [0.1, 0.15) is 41.6 Å². The van der Waals surface area contributed by atoms with Gasteiger partial charge in [-0.3, -0.25) is 0 Å². The lowest BCUT2D eigenvalue weighted by atomic mass is 10.1. The number of aromatic nitrogens is 1. The molecule has 0 N–H and O–H groups in total. The first-order chi connectivity index (χ1) is 8.72. The maximum absolute atomic E-state index is 5.16. The highest BCUT2D eigenvalue weighted by Crippen LogP contribution is 2.25. The van der Waals surface area contributed by atoms with Gasteiger partial charge >= 0.3 is 0 Å². The first kappa shape index (κ1) is 13.1. The molecule has 0 aliphatic rings. The third-order valence-corrected chi connectivity index (χ3v) is 4.37. The zero-order chi connectivity index (χ0) is 13.0. The Labute approximate surface area is 113 Å². The second kappa shape index (κ2) is 6.01. The van der Waals surface area contributed by atoms with E-state index in [1.807, 2.05) is 29.7 Å². The van der Waals surface area contributed by atoms with Crippen molar-refractivity contribution in [3.05, 3.63) is 45.9 Å². The zero-order valence-corrected chi connectivity index (χ0v) is 12.0. The van der Waals surface area contributed by atoms with Crippen LogP contribution in [0.15, 0.2) is 30.5 Å². The van der Waals surface area contributed by atoms with Crippen molar-refractivity contribution in [3.8, 4) is 5.75 Å². The molecule has 2 rings (SSSR count). The third kappa shape index (κ3) is 3.10. The minimum atomic E-state index is 0.569. The predicted molar refractivity (Wildman–Crippen MR) is 76.6 cm³/mol. The molecule has 1 aromatic carbocycles. The Kier molecular flexibility index (Phi) is 4.37. The van der Waals surface area contributed by atoms with Gasteiger partial charge in [0.1, 0.15) is 5.75 Å². The zero-order valence-electron chi connectivity index (χ0n) is 11.1. The van der Waals surface area contributed by atoms with E-state index in [4.69, 9.17) is 4.74 Å². The van der Waals surface area contributed by atoms with Gasteiger partial charge in [-0.25, -0.2) is 4.98 Å². The highest BCUT2D eigenvalue weighted by atomic mass is 32.1. The fourth-order valence-electron chi connectivity index (χ4n) is 1.75. The molecular formula is C15H19NOS. The summed E-state index contributed by atoms with van der Waals surface area (Å²) in [6.45, 7) is 4.44. The molecule has 0 amide bonds. The van der Waals surface area contributed by atoms with E-state index in [0.29, 0.717) is 5.92 Å². The fraction of sp³-hybridized carbons (Fsp3) is 0.400. The summed E-state index contributed by atoms with van der Waals surface area (Å²) in [6.07, 6.45) is 4.12. The average molecular weight is 261 g/mol. The van der Waals surface area contributed by atoms with E-state index in [2.05, 4.69) is 31.0 Å². The molecule has 0 fully saturated rings. The molecule has 2 aromatic rings. The maximum atomic E-state index is 5.16. The monoisotopic (exact) mass is 261 g/mol. The Bertz CT molecular complexity index is 489. The third-order valence-electron chi connectivity index (χ3n) is 3.14. The highest BCUT2D eigenvalue weighted by Gasteiger charge is 2.08. The van der Waals surface area contributed by atoms with Crippen LogP contribution >= 0.6 is 11.3 Å². The van der Waals surface area contributed by atoms with Gasteiger partial charge in [-0.2, -0.15) is 0 Å². The molecule has 1 unspecified atom stereocenters. The van der Waals surface area contributed by atoms with Crippen LogP contribution in [0, 0.1) is 0 Å². The summed E-state index contributed by atoms with van der Waals surface area (Å²) >= 11 is 1.83. The smallest absolute Gasteiger partial charge is 0.118 e. The van der Waals surface area contributed by atoms with E-state index in [1.165, 1.54) is 15.4 Å². The Morgan fingerprint density at radius 1 is 1.28 bits per heavy atom. The van der Waals surface area contributed by atoms with E-state index in [0.717, 1.165) is 18.6 Å². The lowest BCUT2D eigenvalue weighted by Crippen LogP contribution is -1.87. The molecule has 0 saturated carbocycles. The van der Waals surface area contributed by atoms with Crippen LogP contribution in [-0.2, 0) is 6.42 Å². The minimum Gasteiger partial charge on any atom is -0.497 e. The van der Waals surface area contributed by atoms with Gasteiger partial charge in [0.05, 0.1) is 12.1 Å². The molecule has 1 aromatic heterocycles. The number of benzene rings is 1. The molecule has 1 heterocycles. The predicted octanol–water partition coefficient (Wildman–Crippen LogP) is 4.26. The van der Waals surface area contributed by atoms with Gasteiger partial charge in [0.2, 0.25) is 0 Å². The first-order valence-electron chi connectivity index (χ1n) is 6.30. The van der Waals surface area contributed by atoms with Crippen molar-refractivity contribution in [3.63, 3.8) is 0 Å². The van der Waals surface area contributed by atoms with E-state index in [9.17, 15) is 0 Å². The van der Waals surface area contributed by atoms with Crippen molar-refractivity contribution in [2.24, 2.45) is 0 Å². The molecule has 0 saturated heterocycles. The molecule has 3 heteroatoms. The molecule has 18 heavy (non-hydrogen) atoms. The Morgan fingerprint density at radius 3 is 2.61 bits per heavy atom. The molecular weight excluding hydrogens is 242 g/mol. The van der Waals surface area contributed by atoms with Crippen molar-refractivity contribution in [2.75, 3.05) is 7.11 Å². The van der Waals surface area contributed by atoms with Gasteiger partial charge in [0.25, 0.3) is 0 Å². The van der Waals surface area contributed by atoms with E-state index in [-0.39, 0.29) is 0 Å². The topological polar surface area (TPSA) is 22.1 Å². The Hall–Kier alpha value is -1.35. The molecule has 96 valence electrons. The fourth-order valence-corrected chi connectivity index (χ4v) is 2.84. The number of hydrogen-bond acceptors (Lipinski definition) is 3. The van der Waals surface area contributed by atoms with Crippen molar-refractivity contribution >= 4 is 11.3 Å². The standard InChI is InChI=1S/C15H19NOS/c1-4-11(2)15-16-10-14(18-15)9-12-5-7-13(17-3)8-6-12/h5-8,10-11H,4,9H2,1-3H3. The quantitative estimate of drug-likeness (QED) is 0.802. The lowest BCUT2D eigenvalue weighted by Gasteiger charge is -2.03. The summed E-state index contributed by atoms with van der Waals surface area (Å²) < 4.78 is 5.16. The van der Waals surface area contributed by atoms with E-state index < -0.39 is 0 Å². The average Bonchev–Trinajstić information content (AvgIpc) is 2.87. The summed E-state index contributed by atoms with van der Waals surface area (Å²) in [5, 5.41) is 1.25. The molecule has 0 radical (unpaired) electrons. The maximum Gasteiger partial charge on any atom is 0.118 e. The highest BCUT2D eigenvalue weighted by molar-refractivity contribution is 7.11. The van der Waals surface area contributed by atoms with Crippen LogP contribution in [0.3, 0.4) is 0 Å². The largest absolute Gasteiger partial charge is 0.497 e. The van der Waals surface area contributed by atoms with Crippen molar-refractivity contribution in [1.29, 1.82) is 0 Å². The number of methoxy groups -OCH3 is 1. The Morgan fingerprint density at radius 2 is 2.00 bits per heavy atom. The van der Waals surface area contributed by atoms with Gasteiger partial charge < -0.3 is 4.74 Å². The summed E-state index contributed by atoms with van der Waals surface area (Å²) in [5.74, 6) is 1.47. The second-order valence-electron chi connectivity index (χ2n) is 4.50. The molecule has 1 atom stereocenters. The van der Waals surface area contributed by atoms with Gasteiger partial charge in [-0.15, -0.1) is 11.3 Å². The summed E-state index contributed by atoms with van der Waals surface area (Å²) in [6, 6.07) is 8.24. The summed E-state index contributed by atoms with van der Waals surface area (Å²) in [7, 11) is 1.69. The molecule has 0 aliphatic heterocycles. The van der Waals surface area contributed by atoms with Crippen LogP contribution < -0.4 is 4.74 Å². The van der Waals surface area contributed by atoms with Gasteiger partial charge in [-0.1, -0.05) is 26.0 Å². The van der Waals surface area contributed by atoms with Crippen molar-refractivity contribution in [2.45, 2.75) is 32.6 Å². The molecule has 0 spiro atoms. The first-order valence-corrected chi connectivity index (χ1v) is 7.12. The van der Waals surface area contributed by atoms with Crippen LogP contribution in [0.25, 0.3) is 0 Å². The Balaban J connectivity index is 2.06. The van der Waals surface area contributed by atoms with Crippen molar-refractivity contribution < 1.29 is 4.74 Å². The molecule has 0 aliphatic carbocycles. The number of rotatable bonds is 5. The number of thiazole rings is 1. The number of hydrogen-bond donors (Lipinski definition) is 0. The molecule has 2 nitrogen and oxygen atoms in total. The minimum absolute atomic E-state index is 0.569. The van der Waals surface area contributed by atoms with Crippen LogP contribution in [0.2, 0.25) is 0 Å². The molecule has 0 bridgehead atoms.